The summed E-state index contributed by atoms with van der Waals surface area (Å²) < 4.78 is 1.93. The van der Waals surface area contributed by atoms with Gasteiger partial charge in [-0.1, -0.05) is 20.8 Å². The number of nitrogens with two attached hydrogens (primary N) is 1. The fourth-order valence-electron chi connectivity index (χ4n) is 2.65. The van der Waals surface area contributed by atoms with Gasteiger partial charge in [0.25, 0.3) is 0 Å². The molecule has 0 saturated heterocycles. The molecule has 2 rings (SSSR count). The predicted octanol–water partition coefficient (Wildman–Crippen LogP) is 1.07. The number of nitrogens with zero attached hydrogens (tertiary/aromatic N) is 2. The van der Waals surface area contributed by atoms with Crippen molar-refractivity contribution in [2.75, 3.05) is 6.54 Å². The Bertz CT molecular complexity index is 411. The van der Waals surface area contributed by atoms with Crippen LogP contribution in [0.1, 0.15) is 45.0 Å². The molecule has 0 spiro atoms. The molecule has 0 aromatic carbocycles. The third-order valence-electron chi connectivity index (χ3n) is 3.84. The molecular weight excluding hydrogens is 214 g/mol. The molecule has 4 heteroatoms. The van der Waals surface area contributed by atoms with Gasteiger partial charge >= 0.3 is 0 Å². The first-order valence-corrected chi connectivity index (χ1v) is 6.22. The maximum Gasteiger partial charge on any atom is 0.0680 e. The molecule has 0 amide bonds. The van der Waals surface area contributed by atoms with Gasteiger partial charge in [0.15, 0.2) is 0 Å². The highest BCUT2D eigenvalue weighted by atomic mass is 16.3. The summed E-state index contributed by atoms with van der Waals surface area (Å²) in [7, 11) is 1.96. The minimum Gasteiger partial charge on any atom is -0.393 e. The lowest BCUT2D eigenvalue weighted by Crippen LogP contribution is -2.50. The van der Waals surface area contributed by atoms with Crippen LogP contribution in [0.5, 0.6) is 0 Å². The third-order valence-corrected chi connectivity index (χ3v) is 3.84. The molecule has 0 unspecified atom stereocenters. The van der Waals surface area contributed by atoms with E-state index >= 15 is 0 Å². The molecule has 17 heavy (non-hydrogen) atoms. The van der Waals surface area contributed by atoms with Crippen LogP contribution in [0.2, 0.25) is 0 Å². The first-order valence-electron chi connectivity index (χ1n) is 6.22. The average Bonchev–Trinajstić information content (AvgIpc) is 2.55. The molecule has 1 aliphatic carbocycles. The fraction of sp³-hybridized carbons (Fsp3) is 0.769. The minimum absolute atomic E-state index is 0.0498. The zero-order valence-electron chi connectivity index (χ0n) is 11.2. The normalized spacial score (nSPS) is 29.2. The lowest BCUT2D eigenvalue weighted by molar-refractivity contribution is 0.0183. The number of aliphatic hydroxyl groups is 1. The Labute approximate surface area is 103 Å². The summed E-state index contributed by atoms with van der Waals surface area (Å²) in [6, 6.07) is 2.15. The second-order valence-corrected chi connectivity index (χ2v) is 6.33. The van der Waals surface area contributed by atoms with Gasteiger partial charge in [0, 0.05) is 30.1 Å². The van der Waals surface area contributed by atoms with E-state index in [9.17, 15) is 5.11 Å². The van der Waals surface area contributed by atoms with E-state index in [-0.39, 0.29) is 16.9 Å². The second kappa shape index (κ2) is 3.82. The Morgan fingerprint density at radius 2 is 2.12 bits per heavy atom. The van der Waals surface area contributed by atoms with Gasteiger partial charge < -0.3 is 10.8 Å². The van der Waals surface area contributed by atoms with Gasteiger partial charge in [0.2, 0.25) is 0 Å². The molecule has 0 aliphatic heterocycles. The summed E-state index contributed by atoms with van der Waals surface area (Å²) in [4.78, 5) is 0. The van der Waals surface area contributed by atoms with Crippen LogP contribution in [-0.2, 0) is 17.9 Å². The maximum absolute atomic E-state index is 9.55. The van der Waals surface area contributed by atoms with E-state index < -0.39 is 0 Å². The van der Waals surface area contributed by atoms with Crippen molar-refractivity contribution in [2.45, 2.75) is 50.5 Å². The summed E-state index contributed by atoms with van der Waals surface area (Å²) in [6.07, 6.45) is 1.31. The summed E-state index contributed by atoms with van der Waals surface area (Å²) in [5.41, 5.74) is 8.13. The van der Waals surface area contributed by atoms with Crippen LogP contribution in [0.25, 0.3) is 0 Å². The van der Waals surface area contributed by atoms with Crippen LogP contribution in [-0.4, -0.2) is 27.5 Å². The Morgan fingerprint density at radius 1 is 1.53 bits per heavy atom. The van der Waals surface area contributed by atoms with E-state index in [1.54, 1.807) is 0 Å². The molecule has 4 nitrogen and oxygen atoms in total. The first-order chi connectivity index (χ1) is 7.78. The molecule has 3 N–H and O–H groups in total. The average molecular weight is 237 g/mol. The Morgan fingerprint density at radius 3 is 2.47 bits per heavy atom. The highest BCUT2D eigenvalue weighted by Gasteiger charge is 2.46. The first kappa shape index (κ1) is 12.6. The van der Waals surface area contributed by atoms with E-state index in [0.29, 0.717) is 6.54 Å². The lowest BCUT2D eigenvalue weighted by Gasteiger charge is -2.44. The highest BCUT2D eigenvalue weighted by molar-refractivity contribution is 5.28. The van der Waals surface area contributed by atoms with E-state index in [0.717, 1.165) is 24.2 Å². The number of hydrogen-bond acceptors (Lipinski definition) is 3. The van der Waals surface area contributed by atoms with Crippen molar-refractivity contribution in [1.82, 2.24) is 9.78 Å². The monoisotopic (exact) mass is 237 g/mol. The van der Waals surface area contributed by atoms with E-state index in [4.69, 9.17) is 5.73 Å². The Hall–Kier alpha value is -0.870. The van der Waals surface area contributed by atoms with Crippen molar-refractivity contribution in [2.24, 2.45) is 12.8 Å². The Balaban J connectivity index is 2.36. The van der Waals surface area contributed by atoms with Crippen molar-refractivity contribution in [3.63, 3.8) is 0 Å². The van der Waals surface area contributed by atoms with Crippen molar-refractivity contribution in [1.29, 1.82) is 0 Å². The molecule has 1 aromatic rings. The molecule has 1 aromatic heterocycles. The van der Waals surface area contributed by atoms with E-state index in [2.05, 4.69) is 31.9 Å². The van der Waals surface area contributed by atoms with Crippen LogP contribution in [0.3, 0.4) is 0 Å². The van der Waals surface area contributed by atoms with Gasteiger partial charge in [0.05, 0.1) is 11.8 Å². The summed E-state index contributed by atoms with van der Waals surface area (Å²) in [5.74, 6) is 0. The minimum atomic E-state index is -0.202. The van der Waals surface area contributed by atoms with Crippen LogP contribution in [0.15, 0.2) is 6.07 Å². The quantitative estimate of drug-likeness (QED) is 0.808. The van der Waals surface area contributed by atoms with Gasteiger partial charge in [-0.25, -0.2) is 0 Å². The SMILES string of the molecule is Cn1nc(C(C)(C)C)cc1C1(CN)CC(O)C1. The molecule has 1 heterocycles. The number of rotatable bonds is 2. The molecular formula is C13H23N3O. The molecule has 1 saturated carbocycles. The smallest absolute Gasteiger partial charge is 0.0680 e. The van der Waals surface area contributed by atoms with Crippen molar-refractivity contribution in [3.05, 3.63) is 17.5 Å². The third kappa shape index (κ3) is 2.00. The zero-order valence-corrected chi connectivity index (χ0v) is 11.2. The number of aryl methyl sites for hydroxylation is 1. The molecule has 0 bridgehead atoms. The van der Waals surface area contributed by atoms with Gasteiger partial charge in [-0.15, -0.1) is 0 Å². The van der Waals surface area contributed by atoms with Crippen LogP contribution in [0.4, 0.5) is 0 Å². The maximum atomic E-state index is 9.55. The Kier molecular flexibility index (Phi) is 2.83. The molecule has 0 atom stereocenters. The summed E-state index contributed by atoms with van der Waals surface area (Å²) in [6.45, 7) is 7.05. The van der Waals surface area contributed by atoms with Gasteiger partial charge in [-0.2, -0.15) is 5.10 Å². The second-order valence-electron chi connectivity index (χ2n) is 6.33. The molecule has 0 radical (unpaired) electrons. The summed E-state index contributed by atoms with van der Waals surface area (Å²) in [5, 5.41) is 14.1. The number of hydrogen-bond donors (Lipinski definition) is 2. The van der Waals surface area contributed by atoms with Gasteiger partial charge in [-0.05, 0) is 18.9 Å². The fourth-order valence-corrected chi connectivity index (χ4v) is 2.65. The predicted molar refractivity (Wildman–Crippen MR) is 67.9 cm³/mol. The van der Waals surface area contributed by atoms with Crippen molar-refractivity contribution >= 4 is 0 Å². The number of aromatic nitrogens is 2. The summed E-state index contributed by atoms with van der Waals surface area (Å²) >= 11 is 0. The zero-order chi connectivity index (χ0) is 12.8. The van der Waals surface area contributed by atoms with E-state index in [1.807, 2.05) is 11.7 Å². The molecule has 1 aliphatic rings. The largest absolute Gasteiger partial charge is 0.393 e. The van der Waals surface area contributed by atoms with Crippen molar-refractivity contribution < 1.29 is 5.11 Å². The van der Waals surface area contributed by atoms with Crippen molar-refractivity contribution in [3.8, 4) is 0 Å². The lowest BCUT2D eigenvalue weighted by atomic mass is 9.64. The van der Waals surface area contributed by atoms with Crippen LogP contribution < -0.4 is 5.73 Å². The highest BCUT2D eigenvalue weighted by Crippen LogP contribution is 2.43. The van der Waals surface area contributed by atoms with Gasteiger partial charge in [-0.3, -0.25) is 4.68 Å². The number of aliphatic hydroxyl groups excluding tert-OH is 1. The molecule has 1 fully saturated rings. The van der Waals surface area contributed by atoms with Crippen LogP contribution in [0, 0.1) is 0 Å². The molecule has 96 valence electrons. The van der Waals surface area contributed by atoms with Crippen LogP contribution >= 0.6 is 0 Å². The van der Waals surface area contributed by atoms with E-state index in [1.165, 1.54) is 0 Å². The van der Waals surface area contributed by atoms with Gasteiger partial charge in [0.1, 0.15) is 0 Å². The topological polar surface area (TPSA) is 64.1 Å². The standard InChI is InChI=1S/C13H23N3O/c1-12(2,3)10-5-11(16(4)15-10)13(8-14)6-9(17)7-13/h5,9,17H,6-8,14H2,1-4H3.